The summed E-state index contributed by atoms with van der Waals surface area (Å²) in [5.74, 6) is 7.22. The molecule has 2 heterocycles. The molecule has 27 heavy (non-hydrogen) atoms. The summed E-state index contributed by atoms with van der Waals surface area (Å²) in [5, 5.41) is 11.5. The van der Waals surface area contributed by atoms with Crippen LogP contribution in [0.2, 0.25) is 17.3 Å². The second-order valence-corrected chi connectivity index (χ2v) is 18.8. The molecular weight excluding hydrogens is 393 g/mol. The molecule has 134 valence electrons. The van der Waals surface area contributed by atoms with Crippen LogP contribution in [0, 0.1) is 18.3 Å². The van der Waals surface area contributed by atoms with Gasteiger partial charge in [-0.15, -0.1) is 0 Å². The Bertz CT molecular complexity index is 1240. The number of pyridine rings is 1. The van der Waals surface area contributed by atoms with E-state index in [4.69, 9.17) is 4.42 Å². The van der Waals surface area contributed by atoms with Crippen molar-refractivity contribution in [2.75, 3.05) is 0 Å². The number of rotatable bonds is 2. The van der Waals surface area contributed by atoms with Crippen LogP contribution in [-0.4, -0.2) is 13.3 Å². The Morgan fingerprint density at radius 2 is 1.70 bits per heavy atom. The van der Waals surface area contributed by atoms with Crippen molar-refractivity contribution in [1.82, 2.24) is 0 Å². The van der Waals surface area contributed by atoms with E-state index >= 15 is 0 Å². The molecule has 3 nitrogen and oxygen atoms in total. The van der Waals surface area contributed by atoms with E-state index in [2.05, 4.69) is 72.3 Å². The molecule has 0 spiro atoms. The van der Waals surface area contributed by atoms with Gasteiger partial charge in [-0.1, -0.05) is 0 Å². The third kappa shape index (κ3) is 2.85. The number of benzene rings is 2. The number of aromatic nitrogens is 1. The standard InChI is InChI=1S/C23H23GeN2O/c1-15-9-11-19-18-8-6-7-16(13-25)22(18)27-23(19)21(15)20-12-10-17(14-26(20)5)24(2,3)4/h6-12,14H,1-5H3/q+1. The Balaban J connectivity index is 2.05. The van der Waals surface area contributed by atoms with Gasteiger partial charge >= 0.3 is 162 Å². The van der Waals surface area contributed by atoms with Crippen molar-refractivity contribution >= 4 is 39.6 Å². The van der Waals surface area contributed by atoms with Crippen LogP contribution in [0.4, 0.5) is 0 Å². The van der Waals surface area contributed by atoms with Crippen LogP contribution in [0.15, 0.2) is 53.1 Å². The summed E-state index contributed by atoms with van der Waals surface area (Å²) in [5.41, 5.74) is 5.50. The van der Waals surface area contributed by atoms with E-state index in [1.54, 1.807) is 0 Å². The molecule has 4 rings (SSSR count). The number of hydrogen-bond donors (Lipinski definition) is 0. The number of para-hydroxylation sites is 1. The van der Waals surface area contributed by atoms with Gasteiger partial charge in [-0.25, -0.2) is 0 Å². The number of fused-ring (bicyclic) bond motifs is 3. The molecule has 2 aromatic heterocycles. The van der Waals surface area contributed by atoms with Gasteiger partial charge in [0.25, 0.3) is 0 Å². The van der Waals surface area contributed by atoms with Gasteiger partial charge in [0.05, 0.1) is 0 Å². The van der Waals surface area contributed by atoms with Gasteiger partial charge in [-0.05, 0) is 0 Å². The quantitative estimate of drug-likeness (QED) is 0.348. The minimum absolute atomic E-state index is 0.577. The SMILES string of the molecule is Cc1ccc2c(oc3c(C#N)cccc32)c1-c1cc[c]([Ge]([CH3])([CH3])[CH3])c[n+]1C. The molecule has 0 saturated heterocycles. The van der Waals surface area contributed by atoms with Crippen molar-refractivity contribution in [2.45, 2.75) is 24.2 Å². The number of nitrogens with zero attached hydrogens (tertiary/aromatic N) is 2. The summed E-state index contributed by atoms with van der Waals surface area (Å²) in [4.78, 5) is 0. The van der Waals surface area contributed by atoms with Crippen molar-refractivity contribution in [2.24, 2.45) is 7.05 Å². The van der Waals surface area contributed by atoms with E-state index in [9.17, 15) is 5.26 Å². The molecule has 0 bridgehead atoms. The van der Waals surface area contributed by atoms with Gasteiger partial charge in [0.2, 0.25) is 0 Å². The summed E-state index contributed by atoms with van der Waals surface area (Å²) in [6.45, 7) is 2.11. The maximum atomic E-state index is 9.44. The Morgan fingerprint density at radius 1 is 0.963 bits per heavy atom. The van der Waals surface area contributed by atoms with E-state index in [-0.39, 0.29) is 0 Å². The summed E-state index contributed by atoms with van der Waals surface area (Å²) >= 11 is -1.89. The predicted octanol–water partition coefficient (Wildman–Crippen LogP) is 4.80. The van der Waals surface area contributed by atoms with Gasteiger partial charge in [-0.2, -0.15) is 0 Å². The Kier molecular flexibility index (Phi) is 4.12. The maximum absolute atomic E-state index is 9.44. The molecule has 0 atom stereocenters. The van der Waals surface area contributed by atoms with Crippen molar-refractivity contribution in [3.8, 4) is 17.3 Å². The molecule has 0 amide bonds. The number of nitriles is 1. The zero-order chi connectivity index (χ0) is 19.3. The van der Waals surface area contributed by atoms with Gasteiger partial charge < -0.3 is 0 Å². The molecule has 0 aliphatic carbocycles. The first kappa shape index (κ1) is 17.8. The van der Waals surface area contributed by atoms with Crippen molar-refractivity contribution in [3.63, 3.8) is 0 Å². The average molecular weight is 416 g/mol. The number of furan rings is 1. The fourth-order valence-corrected chi connectivity index (χ4v) is 6.12. The number of hydrogen-bond acceptors (Lipinski definition) is 2. The fraction of sp³-hybridized carbons (Fsp3) is 0.217. The molecule has 0 fully saturated rings. The molecular formula is C23H23GeN2O+. The molecule has 0 unspecified atom stereocenters. The normalized spacial score (nSPS) is 11.9. The predicted molar refractivity (Wildman–Crippen MR) is 113 cm³/mol. The van der Waals surface area contributed by atoms with Crippen molar-refractivity contribution in [1.29, 1.82) is 5.26 Å². The zero-order valence-corrected chi connectivity index (χ0v) is 18.5. The van der Waals surface area contributed by atoms with Crippen molar-refractivity contribution < 1.29 is 8.98 Å². The first-order valence-electron chi connectivity index (χ1n) is 9.16. The van der Waals surface area contributed by atoms with E-state index in [0.29, 0.717) is 11.1 Å². The molecule has 0 N–H and O–H groups in total. The van der Waals surface area contributed by atoms with E-state index in [0.717, 1.165) is 27.6 Å². The molecule has 0 aliphatic rings. The van der Waals surface area contributed by atoms with Crippen LogP contribution in [0.5, 0.6) is 0 Å². The number of aryl methyl sites for hydroxylation is 2. The van der Waals surface area contributed by atoms with Crippen LogP contribution in [0.1, 0.15) is 11.1 Å². The van der Waals surface area contributed by atoms with Gasteiger partial charge in [0.1, 0.15) is 0 Å². The van der Waals surface area contributed by atoms with Crippen LogP contribution in [0.25, 0.3) is 33.2 Å². The Morgan fingerprint density at radius 3 is 2.37 bits per heavy atom. The molecule has 0 radical (unpaired) electrons. The molecule has 0 aliphatic heterocycles. The van der Waals surface area contributed by atoms with Gasteiger partial charge in [-0.3, -0.25) is 0 Å². The van der Waals surface area contributed by atoms with Gasteiger partial charge in [0, 0.05) is 0 Å². The topological polar surface area (TPSA) is 40.8 Å². The first-order valence-corrected chi connectivity index (χ1v) is 16.5. The summed E-state index contributed by atoms with van der Waals surface area (Å²) in [6.07, 6.45) is 2.27. The fourth-order valence-electron chi connectivity index (χ4n) is 3.68. The molecule has 2 aromatic carbocycles. The van der Waals surface area contributed by atoms with E-state index in [1.807, 2.05) is 18.2 Å². The third-order valence-corrected chi connectivity index (χ3v) is 9.51. The monoisotopic (exact) mass is 417 g/mol. The van der Waals surface area contributed by atoms with Crippen LogP contribution >= 0.6 is 0 Å². The van der Waals surface area contributed by atoms with E-state index in [1.165, 1.54) is 9.96 Å². The Labute approximate surface area is 162 Å². The van der Waals surface area contributed by atoms with Crippen LogP contribution in [0.3, 0.4) is 0 Å². The molecule has 4 aromatic rings. The second kappa shape index (κ2) is 6.25. The summed E-state index contributed by atoms with van der Waals surface area (Å²) in [7, 11) is 2.11. The zero-order valence-electron chi connectivity index (χ0n) is 16.4. The van der Waals surface area contributed by atoms with Crippen LogP contribution in [-0.2, 0) is 7.05 Å². The summed E-state index contributed by atoms with van der Waals surface area (Å²) in [6, 6.07) is 16.7. The van der Waals surface area contributed by atoms with E-state index < -0.39 is 13.3 Å². The second-order valence-electron chi connectivity index (χ2n) is 8.19. The van der Waals surface area contributed by atoms with Crippen molar-refractivity contribution in [3.05, 3.63) is 59.8 Å². The first-order chi connectivity index (χ1) is 12.8. The minimum atomic E-state index is -1.89. The Hall–Kier alpha value is -2.58. The summed E-state index contributed by atoms with van der Waals surface area (Å²) < 4.78 is 9.96. The third-order valence-electron chi connectivity index (χ3n) is 5.25. The molecule has 4 heteroatoms. The molecule has 0 saturated carbocycles. The average Bonchev–Trinajstić information content (AvgIpc) is 3.00. The van der Waals surface area contributed by atoms with Crippen LogP contribution < -0.4 is 8.96 Å². The van der Waals surface area contributed by atoms with Gasteiger partial charge in [0.15, 0.2) is 0 Å².